The Kier molecular flexibility index (Phi) is 4.52. The van der Waals surface area contributed by atoms with E-state index in [0.717, 1.165) is 18.1 Å². The third kappa shape index (κ3) is 3.53. The van der Waals surface area contributed by atoms with Crippen molar-refractivity contribution in [1.82, 2.24) is 14.8 Å². The highest BCUT2D eigenvalue weighted by atomic mass is 32.1. The first kappa shape index (κ1) is 15.8. The van der Waals surface area contributed by atoms with Crippen LogP contribution in [0.15, 0.2) is 18.2 Å². The Bertz CT molecular complexity index is 680. The summed E-state index contributed by atoms with van der Waals surface area (Å²) in [6.45, 7) is 11.9. The minimum Gasteiger partial charge on any atom is -0.485 e. The molecule has 0 aliphatic carbocycles. The van der Waals surface area contributed by atoms with Gasteiger partial charge >= 0.3 is 0 Å². The fourth-order valence-electron chi connectivity index (χ4n) is 2.28. The summed E-state index contributed by atoms with van der Waals surface area (Å²) in [5.41, 5.74) is 2.49. The molecule has 0 saturated heterocycles. The molecule has 1 aromatic heterocycles. The molecular weight excluding hydrogens is 282 g/mol. The van der Waals surface area contributed by atoms with Gasteiger partial charge in [0.2, 0.25) is 0 Å². The number of benzene rings is 1. The first-order valence-electron chi connectivity index (χ1n) is 7.21. The molecule has 0 aliphatic rings. The lowest BCUT2D eigenvalue weighted by Gasteiger charge is -2.23. The summed E-state index contributed by atoms with van der Waals surface area (Å²) in [6, 6.07) is 6.29. The number of aryl methyl sites for hydroxylation is 1. The lowest BCUT2D eigenvalue weighted by molar-refractivity contribution is 0.281. The van der Waals surface area contributed by atoms with Crippen LogP contribution in [0.3, 0.4) is 0 Å². The van der Waals surface area contributed by atoms with Crippen LogP contribution >= 0.6 is 12.2 Å². The summed E-state index contributed by atoms with van der Waals surface area (Å²) in [4.78, 5) is 0. The van der Waals surface area contributed by atoms with Gasteiger partial charge < -0.3 is 9.30 Å². The summed E-state index contributed by atoms with van der Waals surface area (Å²) >= 11 is 5.19. The first-order chi connectivity index (χ1) is 9.82. The second-order valence-electron chi connectivity index (χ2n) is 6.23. The topological polar surface area (TPSA) is 42.8 Å². The molecule has 0 saturated carbocycles. The van der Waals surface area contributed by atoms with Gasteiger partial charge in [0.05, 0.1) is 0 Å². The van der Waals surface area contributed by atoms with E-state index >= 15 is 0 Å². The van der Waals surface area contributed by atoms with Crippen LogP contribution in [0.4, 0.5) is 0 Å². The Morgan fingerprint density at radius 2 is 2.05 bits per heavy atom. The number of aromatic amines is 1. The third-order valence-corrected chi connectivity index (χ3v) is 3.77. The first-order valence-corrected chi connectivity index (χ1v) is 7.61. The van der Waals surface area contributed by atoms with E-state index in [4.69, 9.17) is 17.0 Å². The molecule has 2 aromatic rings. The van der Waals surface area contributed by atoms with Crippen LogP contribution in [0, 0.1) is 11.7 Å². The molecule has 0 atom stereocenters. The monoisotopic (exact) mass is 305 g/mol. The highest BCUT2D eigenvalue weighted by Gasteiger charge is 2.19. The van der Waals surface area contributed by atoms with Crippen molar-refractivity contribution >= 4 is 12.2 Å². The number of H-pyrrole nitrogens is 1. The van der Waals surface area contributed by atoms with Gasteiger partial charge in [0.25, 0.3) is 0 Å². The molecule has 21 heavy (non-hydrogen) atoms. The van der Waals surface area contributed by atoms with E-state index in [1.54, 1.807) is 0 Å². The Balaban J connectivity index is 2.26. The van der Waals surface area contributed by atoms with Gasteiger partial charge in [-0.1, -0.05) is 38.5 Å². The summed E-state index contributed by atoms with van der Waals surface area (Å²) in [5.74, 6) is 1.73. The van der Waals surface area contributed by atoms with Gasteiger partial charge in [-0.2, -0.15) is 5.10 Å². The average Bonchev–Trinajstić information content (AvgIpc) is 2.76. The Morgan fingerprint density at radius 3 is 2.67 bits per heavy atom. The predicted octanol–water partition coefficient (Wildman–Crippen LogP) is 4.15. The highest BCUT2D eigenvalue weighted by Crippen LogP contribution is 2.32. The van der Waals surface area contributed by atoms with Crippen molar-refractivity contribution in [2.45, 2.75) is 53.2 Å². The van der Waals surface area contributed by atoms with E-state index in [0.29, 0.717) is 11.4 Å². The molecule has 4 nitrogen and oxygen atoms in total. The second kappa shape index (κ2) is 6.02. The zero-order valence-corrected chi connectivity index (χ0v) is 14.2. The fourth-order valence-corrected chi connectivity index (χ4v) is 2.56. The van der Waals surface area contributed by atoms with Gasteiger partial charge in [-0.15, -0.1) is 0 Å². The molecule has 0 unspecified atom stereocenters. The average molecular weight is 305 g/mol. The van der Waals surface area contributed by atoms with Crippen LogP contribution in [0.25, 0.3) is 0 Å². The van der Waals surface area contributed by atoms with E-state index in [1.165, 1.54) is 11.1 Å². The maximum absolute atomic E-state index is 6.01. The fraction of sp³-hybridized carbons (Fsp3) is 0.500. The van der Waals surface area contributed by atoms with E-state index in [-0.39, 0.29) is 5.41 Å². The van der Waals surface area contributed by atoms with Gasteiger partial charge in [0.1, 0.15) is 12.4 Å². The summed E-state index contributed by atoms with van der Waals surface area (Å²) in [5, 5.41) is 7.05. The lowest BCUT2D eigenvalue weighted by atomic mass is 9.85. The highest BCUT2D eigenvalue weighted by molar-refractivity contribution is 7.71. The number of nitrogens with one attached hydrogen (secondary N) is 1. The van der Waals surface area contributed by atoms with Crippen LogP contribution in [0.1, 0.15) is 44.6 Å². The Morgan fingerprint density at radius 1 is 1.33 bits per heavy atom. The molecule has 0 radical (unpaired) electrons. The number of aromatic nitrogens is 3. The van der Waals surface area contributed by atoms with Crippen LogP contribution in [0.2, 0.25) is 0 Å². The van der Waals surface area contributed by atoms with Crippen molar-refractivity contribution in [3.63, 3.8) is 0 Å². The van der Waals surface area contributed by atoms with E-state index in [9.17, 15) is 0 Å². The molecule has 0 fully saturated rings. The number of rotatable bonds is 4. The van der Waals surface area contributed by atoms with Gasteiger partial charge in [-0.05, 0) is 43.1 Å². The molecule has 5 heteroatoms. The van der Waals surface area contributed by atoms with E-state index in [1.807, 2.05) is 17.6 Å². The van der Waals surface area contributed by atoms with Crippen molar-refractivity contribution < 1.29 is 4.74 Å². The molecule has 0 bridgehead atoms. The molecule has 1 heterocycles. The minimum absolute atomic E-state index is 0.0385. The van der Waals surface area contributed by atoms with Crippen molar-refractivity contribution in [1.29, 1.82) is 0 Å². The van der Waals surface area contributed by atoms with Gasteiger partial charge in [-0.3, -0.25) is 5.10 Å². The van der Waals surface area contributed by atoms with Crippen molar-refractivity contribution in [3.8, 4) is 5.75 Å². The number of nitrogens with zero attached hydrogens (tertiary/aromatic N) is 2. The lowest BCUT2D eigenvalue weighted by Crippen LogP contribution is -2.14. The maximum atomic E-state index is 6.01. The summed E-state index contributed by atoms with van der Waals surface area (Å²) < 4.78 is 8.59. The summed E-state index contributed by atoms with van der Waals surface area (Å²) in [6.07, 6.45) is 0. The maximum Gasteiger partial charge on any atom is 0.195 e. The van der Waals surface area contributed by atoms with Crippen molar-refractivity contribution in [2.75, 3.05) is 0 Å². The summed E-state index contributed by atoms with van der Waals surface area (Å²) in [7, 11) is 0. The Labute approximate surface area is 131 Å². The third-order valence-electron chi connectivity index (χ3n) is 3.45. The second-order valence-corrected chi connectivity index (χ2v) is 6.61. The molecule has 114 valence electrons. The molecule has 0 aliphatic heterocycles. The van der Waals surface area contributed by atoms with Crippen LogP contribution in [-0.2, 0) is 18.6 Å². The zero-order chi connectivity index (χ0) is 15.6. The quantitative estimate of drug-likeness (QED) is 0.863. The number of ether oxygens (including phenoxy) is 1. The SMILES string of the molecule is CCn1c(COc2ccc(C)cc2C(C)(C)C)n[nH]c1=S. The Hall–Kier alpha value is -1.62. The van der Waals surface area contributed by atoms with Crippen molar-refractivity contribution in [2.24, 2.45) is 0 Å². The van der Waals surface area contributed by atoms with Crippen LogP contribution in [-0.4, -0.2) is 14.8 Å². The smallest absolute Gasteiger partial charge is 0.195 e. The molecule has 2 rings (SSSR count). The minimum atomic E-state index is 0.0385. The molecular formula is C16H23N3OS. The zero-order valence-electron chi connectivity index (χ0n) is 13.4. The standard InChI is InChI=1S/C16H23N3OS/c1-6-19-14(17-18-15(19)21)10-20-13-8-7-11(2)9-12(13)16(3,4)5/h7-9H,6,10H2,1-5H3,(H,18,21). The van der Waals surface area contributed by atoms with Gasteiger partial charge in [0, 0.05) is 6.54 Å². The molecule has 1 N–H and O–H groups in total. The van der Waals surface area contributed by atoms with E-state index in [2.05, 4.69) is 50.0 Å². The van der Waals surface area contributed by atoms with Gasteiger partial charge in [0.15, 0.2) is 10.6 Å². The molecule has 0 spiro atoms. The van der Waals surface area contributed by atoms with Crippen LogP contribution in [0.5, 0.6) is 5.75 Å². The number of hydrogen-bond acceptors (Lipinski definition) is 3. The largest absolute Gasteiger partial charge is 0.485 e. The van der Waals surface area contributed by atoms with Crippen LogP contribution < -0.4 is 4.74 Å². The molecule has 1 aromatic carbocycles. The van der Waals surface area contributed by atoms with E-state index < -0.39 is 0 Å². The van der Waals surface area contributed by atoms with Gasteiger partial charge in [-0.25, -0.2) is 0 Å². The number of hydrogen-bond donors (Lipinski definition) is 1. The molecule has 0 amide bonds. The normalized spacial score (nSPS) is 11.7. The van der Waals surface area contributed by atoms with Crippen molar-refractivity contribution in [3.05, 3.63) is 39.9 Å². The predicted molar refractivity (Wildman–Crippen MR) is 87.3 cm³/mol.